The third kappa shape index (κ3) is 3.44. The predicted molar refractivity (Wildman–Crippen MR) is 71.9 cm³/mol. The third-order valence-corrected chi connectivity index (χ3v) is 2.44. The number of hydrogen-bond acceptors (Lipinski definition) is 2. The van der Waals surface area contributed by atoms with E-state index in [-0.39, 0.29) is 0 Å². The molecule has 1 aromatic rings. The Balaban J connectivity index is 2.99. The molecule has 0 amide bonds. The molecule has 2 heteroatoms. The van der Waals surface area contributed by atoms with Gasteiger partial charge in [-0.05, 0) is 29.7 Å². The highest BCUT2D eigenvalue weighted by Crippen LogP contribution is 2.21. The Morgan fingerprint density at radius 1 is 1.41 bits per heavy atom. The van der Waals surface area contributed by atoms with Crippen LogP contribution in [0.25, 0.3) is 5.57 Å². The summed E-state index contributed by atoms with van der Waals surface area (Å²) in [6.07, 6.45) is 5.47. The molecule has 1 rings (SSSR count). The molecule has 0 saturated carbocycles. The molecule has 0 spiro atoms. The molecule has 0 bridgehead atoms. The maximum atomic E-state index is 9.05. The summed E-state index contributed by atoms with van der Waals surface area (Å²) in [4.78, 5) is 0. The minimum absolute atomic E-state index is 0.520. The monoisotopic (exact) mass is 224 g/mol. The fourth-order valence-corrected chi connectivity index (χ4v) is 1.40. The van der Waals surface area contributed by atoms with Crippen LogP contribution >= 0.6 is 0 Å². The molecule has 0 heterocycles. The van der Waals surface area contributed by atoms with E-state index in [0.717, 1.165) is 16.7 Å². The van der Waals surface area contributed by atoms with E-state index in [1.807, 2.05) is 43.3 Å². The fourth-order valence-electron chi connectivity index (χ4n) is 1.40. The maximum Gasteiger partial charge on any atom is 0.0997 e. The molecular weight excluding hydrogens is 208 g/mol. The Morgan fingerprint density at radius 3 is 2.53 bits per heavy atom. The van der Waals surface area contributed by atoms with E-state index in [0.29, 0.717) is 12.1 Å². The Bertz CT molecular complexity index is 485. The van der Waals surface area contributed by atoms with E-state index in [1.54, 1.807) is 6.08 Å². The van der Waals surface area contributed by atoms with Gasteiger partial charge in [0.2, 0.25) is 0 Å². The quantitative estimate of drug-likeness (QED) is 0.630. The largest absolute Gasteiger partial charge is 0.326 e. The fraction of sp³-hybridized carbons (Fsp3) is 0.133. The first-order valence-electron chi connectivity index (χ1n) is 5.44. The smallest absolute Gasteiger partial charge is 0.0997 e. The van der Waals surface area contributed by atoms with Crippen molar-refractivity contribution >= 4 is 5.57 Å². The topological polar surface area (TPSA) is 49.8 Å². The summed E-state index contributed by atoms with van der Waals surface area (Å²) >= 11 is 0. The molecule has 0 aliphatic rings. The van der Waals surface area contributed by atoms with Crippen molar-refractivity contribution in [2.24, 2.45) is 5.73 Å². The average molecular weight is 224 g/mol. The Hall–Kier alpha value is -2.11. The highest BCUT2D eigenvalue weighted by molar-refractivity contribution is 5.81. The second-order valence-electron chi connectivity index (χ2n) is 3.60. The predicted octanol–water partition coefficient (Wildman–Crippen LogP) is 3.18. The second-order valence-corrected chi connectivity index (χ2v) is 3.60. The summed E-state index contributed by atoms with van der Waals surface area (Å²) in [7, 11) is 0. The van der Waals surface area contributed by atoms with E-state index in [1.165, 1.54) is 0 Å². The van der Waals surface area contributed by atoms with Crippen LogP contribution in [0.5, 0.6) is 0 Å². The van der Waals surface area contributed by atoms with Gasteiger partial charge in [0, 0.05) is 6.54 Å². The van der Waals surface area contributed by atoms with Crippen LogP contribution in [0.4, 0.5) is 0 Å². The standard InChI is InChI=1S/C15H16N2/c1-3-4-5-15(11-17)12(2)14-8-6-13(10-16)7-9-14/h3-9H,2,10,16H2,1H3/b4-3-,15-5-. The van der Waals surface area contributed by atoms with Gasteiger partial charge in [-0.1, -0.05) is 43.0 Å². The van der Waals surface area contributed by atoms with Crippen molar-refractivity contribution in [3.05, 3.63) is 65.8 Å². The first kappa shape index (κ1) is 13.0. The molecule has 17 heavy (non-hydrogen) atoms. The zero-order chi connectivity index (χ0) is 12.7. The minimum Gasteiger partial charge on any atom is -0.326 e. The lowest BCUT2D eigenvalue weighted by molar-refractivity contribution is 1.07. The lowest BCUT2D eigenvalue weighted by Gasteiger charge is -2.05. The molecule has 2 N–H and O–H groups in total. The number of rotatable bonds is 4. The minimum atomic E-state index is 0.520. The summed E-state index contributed by atoms with van der Waals surface area (Å²) in [6, 6.07) is 9.92. The van der Waals surface area contributed by atoms with Gasteiger partial charge in [-0.3, -0.25) is 0 Å². The van der Waals surface area contributed by atoms with Crippen LogP contribution in [0.2, 0.25) is 0 Å². The van der Waals surface area contributed by atoms with Gasteiger partial charge in [-0.2, -0.15) is 5.26 Å². The third-order valence-electron chi connectivity index (χ3n) is 2.44. The summed E-state index contributed by atoms with van der Waals surface area (Å²) in [5.74, 6) is 0. The molecule has 0 atom stereocenters. The Kier molecular flexibility index (Phi) is 4.93. The van der Waals surface area contributed by atoms with Gasteiger partial charge < -0.3 is 5.73 Å². The number of nitrogens with zero attached hydrogens (tertiary/aromatic N) is 1. The van der Waals surface area contributed by atoms with Crippen molar-refractivity contribution in [3.63, 3.8) is 0 Å². The number of nitrogens with two attached hydrogens (primary N) is 1. The number of allylic oxidation sites excluding steroid dienone is 5. The normalized spacial score (nSPS) is 11.5. The second kappa shape index (κ2) is 6.47. The Labute approximate surface area is 102 Å². The molecule has 1 aromatic carbocycles. The molecule has 0 fully saturated rings. The van der Waals surface area contributed by atoms with Crippen molar-refractivity contribution in [1.82, 2.24) is 0 Å². The number of nitriles is 1. The number of hydrogen-bond donors (Lipinski definition) is 1. The van der Waals surface area contributed by atoms with Crippen LogP contribution in [0.1, 0.15) is 18.1 Å². The highest BCUT2D eigenvalue weighted by atomic mass is 14.5. The molecule has 0 aliphatic heterocycles. The molecule has 2 nitrogen and oxygen atoms in total. The average Bonchev–Trinajstić information content (AvgIpc) is 2.39. The van der Waals surface area contributed by atoms with Crippen LogP contribution in [-0.4, -0.2) is 0 Å². The summed E-state index contributed by atoms with van der Waals surface area (Å²) in [5.41, 5.74) is 8.85. The van der Waals surface area contributed by atoms with E-state index >= 15 is 0 Å². The zero-order valence-electron chi connectivity index (χ0n) is 9.98. The molecular formula is C15H16N2. The summed E-state index contributed by atoms with van der Waals surface area (Å²) in [5, 5.41) is 9.05. The van der Waals surface area contributed by atoms with Crippen LogP contribution in [0, 0.1) is 11.3 Å². The lowest BCUT2D eigenvalue weighted by atomic mass is 9.99. The molecule has 0 saturated heterocycles. The van der Waals surface area contributed by atoms with Gasteiger partial charge in [-0.15, -0.1) is 0 Å². The van der Waals surface area contributed by atoms with Crippen molar-refractivity contribution in [3.8, 4) is 6.07 Å². The van der Waals surface area contributed by atoms with Crippen molar-refractivity contribution in [2.75, 3.05) is 0 Å². The highest BCUT2D eigenvalue weighted by Gasteiger charge is 2.03. The van der Waals surface area contributed by atoms with Gasteiger partial charge >= 0.3 is 0 Å². The van der Waals surface area contributed by atoms with Gasteiger partial charge in [0.15, 0.2) is 0 Å². The number of benzene rings is 1. The van der Waals surface area contributed by atoms with Crippen molar-refractivity contribution < 1.29 is 0 Å². The van der Waals surface area contributed by atoms with Crippen LogP contribution in [0.3, 0.4) is 0 Å². The van der Waals surface area contributed by atoms with Crippen LogP contribution < -0.4 is 5.73 Å². The van der Waals surface area contributed by atoms with E-state index in [2.05, 4.69) is 12.6 Å². The SMILES string of the molecule is C=C(/C(C#N)=C\C=C/C)c1ccc(CN)cc1. The van der Waals surface area contributed by atoms with Gasteiger partial charge in [-0.25, -0.2) is 0 Å². The molecule has 86 valence electrons. The van der Waals surface area contributed by atoms with Crippen molar-refractivity contribution in [2.45, 2.75) is 13.5 Å². The van der Waals surface area contributed by atoms with Crippen molar-refractivity contribution in [1.29, 1.82) is 5.26 Å². The van der Waals surface area contributed by atoms with Crippen LogP contribution in [-0.2, 0) is 6.54 Å². The molecule has 0 aromatic heterocycles. The maximum absolute atomic E-state index is 9.05. The Morgan fingerprint density at radius 2 is 2.06 bits per heavy atom. The molecule has 0 aliphatic carbocycles. The lowest BCUT2D eigenvalue weighted by Crippen LogP contribution is -1.96. The first-order chi connectivity index (χ1) is 8.22. The molecule has 0 radical (unpaired) electrons. The summed E-state index contributed by atoms with van der Waals surface area (Å²) in [6.45, 7) is 6.38. The van der Waals surface area contributed by atoms with E-state index in [9.17, 15) is 0 Å². The van der Waals surface area contributed by atoms with E-state index < -0.39 is 0 Å². The van der Waals surface area contributed by atoms with Gasteiger partial charge in [0.1, 0.15) is 0 Å². The molecule has 0 unspecified atom stereocenters. The van der Waals surface area contributed by atoms with Gasteiger partial charge in [0.25, 0.3) is 0 Å². The zero-order valence-corrected chi connectivity index (χ0v) is 9.98. The summed E-state index contributed by atoms with van der Waals surface area (Å²) < 4.78 is 0. The first-order valence-corrected chi connectivity index (χ1v) is 5.44. The van der Waals surface area contributed by atoms with Gasteiger partial charge in [0.05, 0.1) is 11.6 Å². The van der Waals surface area contributed by atoms with Crippen LogP contribution in [0.15, 0.2) is 54.6 Å². The van der Waals surface area contributed by atoms with E-state index in [4.69, 9.17) is 11.0 Å².